The van der Waals surface area contributed by atoms with Crippen LogP contribution in [0.4, 0.5) is 0 Å². The highest BCUT2D eigenvalue weighted by atomic mass is 16.2. The van der Waals surface area contributed by atoms with E-state index in [0.29, 0.717) is 11.9 Å². The van der Waals surface area contributed by atoms with Crippen molar-refractivity contribution in [3.05, 3.63) is 35.4 Å². The molecule has 0 saturated carbocycles. The Balaban J connectivity index is 1.80. The van der Waals surface area contributed by atoms with Gasteiger partial charge < -0.3 is 10.2 Å². The first-order valence-electron chi connectivity index (χ1n) is 8.20. The molecule has 0 aromatic heterocycles. The number of hydrogen-bond donors (Lipinski definition) is 1. The van der Waals surface area contributed by atoms with Crippen molar-refractivity contribution in [1.82, 2.24) is 10.2 Å². The Morgan fingerprint density at radius 2 is 1.86 bits per heavy atom. The molecule has 0 radical (unpaired) electrons. The van der Waals surface area contributed by atoms with E-state index < -0.39 is 0 Å². The van der Waals surface area contributed by atoms with E-state index in [1.807, 2.05) is 18.7 Å². The zero-order valence-electron chi connectivity index (χ0n) is 13.6. The predicted molar refractivity (Wildman–Crippen MR) is 87.1 cm³/mol. The molecule has 0 unspecified atom stereocenters. The molecular formula is C18H28N2O. The third-order valence-corrected chi connectivity index (χ3v) is 4.38. The van der Waals surface area contributed by atoms with E-state index >= 15 is 0 Å². The van der Waals surface area contributed by atoms with Gasteiger partial charge in [0.25, 0.3) is 0 Å². The molecule has 1 fully saturated rings. The molecule has 1 aromatic rings. The van der Waals surface area contributed by atoms with Crippen molar-refractivity contribution < 1.29 is 4.79 Å². The second-order valence-corrected chi connectivity index (χ2v) is 6.26. The van der Waals surface area contributed by atoms with Gasteiger partial charge in [0, 0.05) is 31.6 Å². The topological polar surface area (TPSA) is 32.3 Å². The minimum atomic E-state index is 0.117. The van der Waals surface area contributed by atoms with E-state index in [-0.39, 0.29) is 5.92 Å². The summed E-state index contributed by atoms with van der Waals surface area (Å²) in [6, 6.07) is 9.17. The first-order valence-corrected chi connectivity index (χ1v) is 8.20. The van der Waals surface area contributed by atoms with Crippen molar-refractivity contribution in [2.45, 2.75) is 52.6 Å². The Bertz CT molecular complexity index is 462. The lowest BCUT2D eigenvalue weighted by molar-refractivity contribution is -0.135. The average molecular weight is 288 g/mol. The molecule has 116 valence electrons. The summed E-state index contributed by atoms with van der Waals surface area (Å²) in [4.78, 5) is 14.0. The van der Waals surface area contributed by atoms with Crippen LogP contribution >= 0.6 is 0 Å². The van der Waals surface area contributed by atoms with E-state index in [1.165, 1.54) is 11.1 Å². The van der Waals surface area contributed by atoms with Gasteiger partial charge in [-0.2, -0.15) is 0 Å². The summed E-state index contributed by atoms with van der Waals surface area (Å²) < 4.78 is 0. The van der Waals surface area contributed by atoms with Gasteiger partial charge in [-0.1, -0.05) is 45.0 Å². The molecule has 3 nitrogen and oxygen atoms in total. The Labute approximate surface area is 128 Å². The number of hydrogen-bond acceptors (Lipinski definition) is 2. The molecule has 0 atom stereocenters. The summed E-state index contributed by atoms with van der Waals surface area (Å²) in [6.07, 6.45) is 3.21. The van der Waals surface area contributed by atoms with Crippen LogP contribution in [-0.2, 0) is 17.8 Å². The van der Waals surface area contributed by atoms with Gasteiger partial charge in [-0.25, -0.2) is 0 Å². The molecule has 0 spiro atoms. The molecule has 21 heavy (non-hydrogen) atoms. The van der Waals surface area contributed by atoms with Crippen LogP contribution in [0.15, 0.2) is 24.3 Å². The predicted octanol–water partition coefficient (Wildman–Crippen LogP) is 2.99. The van der Waals surface area contributed by atoms with Crippen LogP contribution in [-0.4, -0.2) is 29.9 Å². The highest BCUT2D eigenvalue weighted by Crippen LogP contribution is 2.15. The molecule has 1 aromatic carbocycles. The maximum Gasteiger partial charge on any atom is 0.225 e. The van der Waals surface area contributed by atoms with Crippen molar-refractivity contribution in [3.8, 4) is 0 Å². The summed E-state index contributed by atoms with van der Waals surface area (Å²) in [7, 11) is 0. The lowest BCUT2D eigenvalue weighted by Gasteiger charge is -2.33. The molecule has 1 heterocycles. The molecule has 0 aliphatic carbocycles. The fraction of sp³-hybridized carbons (Fsp3) is 0.611. The van der Waals surface area contributed by atoms with Gasteiger partial charge in [-0.05, 0) is 30.4 Å². The van der Waals surface area contributed by atoms with Gasteiger partial charge in [-0.15, -0.1) is 0 Å². The van der Waals surface area contributed by atoms with Gasteiger partial charge in [-0.3, -0.25) is 4.79 Å². The minimum Gasteiger partial charge on any atom is -0.342 e. The largest absolute Gasteiger partial charge is 0.342 e. The summed E-state index contributed by atoms with van der Waals surface area (Å²) in [5, 5.41) is 3.66. The Morgan fingerprint density at radius 1 is 1.24 bits per heavy atom. The lowest BCUT2D eigenvalue weighted by Crippen LogP contribution is -2.46. The zero-order chi connectivity index (χ0) is 15.2. The van der Waals surface area contributed by atoms with Crippen molar-refractivity contribution in [2.24, 2.45) is 5.92 Å². The summed E-state index contributed by atoms with van der Waals surface area (Å²) in [5.41, 5.74) is 2.83. The van der Waals surface area contributed by atoms with Gasteiger partial charge in [0.05, 0.1) is 0 Å². The molecule has 1 saturated heterocycles. The van der Waals surface area contributed by atoms with Crippen LogP contribution in [0.3, 0.4) is 0 Å². The Morgan fingerprint density at radius 3 is 2.43 bits per heavy atom. The van der Waals surface area contributed by atoms with Gasteiger partial charge in [0.15, 0.2) is 0 Å². The van der Waals surface area contributed by atoms with E-state index in [2.05, 4.69) is 36.5 Å². The number of amides is 1. The smallest absolute Gasteiger partial charge is 0.225 e. The highest BCUT2D eigenvalue weighted by Gasteiger charge is 2.23. The maximum atomic E-state index is 12.0. The van der Waals surface area contributed by atoms with E-state index in [1.54, 1.807) is 0 Å². The summed E-state index contributed by atoms with van der Waals surface area (Å²) in [5.74, 6) is 0.413. The molecule has 3 heteroatoms. The van der Waals surface area contributed by atoms with E-state index in [0.717, 1.165) is 38.9 Å². The van der Waals surface area contributed by atoms with Crippen LogP contribution in [0.5, 0.6) is 0 Å². The number of nitrogens with zero attached hydrogens (tertiary/aromatic N) is 1. The second kappa shape index (κ2) is 7.60. The van der Waals surface area contributed by atoms with Crippen molar-refractivity contribution in [3.63, 3.8) is 0 Å². The molecule has 1 aliphatic rings. The normalized spacial score (nSPS) is 16.5. The van der Waals surface area contributed by atoms with Crippen LogP contribution in [0.25, 0.3) is 0 Å². The maximum absolute atomic E-state index is 12.0. The number of carbonyl (C=O) groups is 1. The van der Waals surface area contributed by atoms with Crippen molar-refractivity contribution in [1.29, 1.82) is 0 Å². The molecule has 1 aliphatic heterocycles. The lowest BCUT2D eigenvalue weighted by atomic mass is 10.0. The fourth-order valence-corrected chi connectivity index (χ4v) is 3.00. The number of likely N-dealkylation sites (tertiary alicyclic amines) is 1. The summed E-state index contributed by atoms with van der Waals surface area (Å²) >= 11 is 0. The molecular weight excluding hydrogens is 260 g/mol. The number of nitrogens with one attached hydrogen (secondary N) is 1. The number of rotatable bonds is 5. The van der Waals surface area contributed by atoms with Gasteiger partial charge in [0.1, 0.15) is 0 Å². The van der Waals surface area contributed by atoms with E-state index in [4.69, 9.17) is 0 Å². The van der Waals surface area contributed by atoms with Crippen molar-refractivity contribution >= 4 is 5.91 Å². The molecule has 1 amide bonds. The third kappa shape index (κ3) is 4.31. The SMILES string of the molecule is CCc1ccccc1CNC1CCN(C(=O)C(C)C)CC1. The van der Waals surface area contributed by atoms with E-state index in [9.17, 15) is 4.79 Å². The zero-order valence-corrected chi connectivity index (χ0v) is 13.6. The van der Waals surface area contributed by atoms with Gasteiger partial charge >= 0.3 is 0 Å². The first-order chi connectivity index (χ1) is 10.1. The Kier molecular flexibility index (Phi) is 5.80. The minimum absolute atomic E-state index is 0.117. The highest BCUT2D eigenvalue weighted by molar-refractivity contribution is 5.78. The summed E-state index contributed by atoms with van der Waals surface area (Å²) in [6.45, 7) is 8.89. The molecule has 0 bridgehead atoms. The fourth-order valence-electron chi connectivity index (χ4n) is 3.00. The van der Waals surface area contributed by atoms with Crippen molar-refractivity contribution in [2.75, 3.05) is 13.1 Å². The molecule has 2 rings (SSSR count). The van der Waals surface area contributed by atoms with Crippen LogP contribution in [0.1, 0.15) is 44.7 Å². The monoisotopic (exact) mass is 288 g/mol. The average Bonchev–Trinajstić information content (AvgIpc) is 2.52. The number of aryl methyl sites for hydroxylation is 1. The Hall–Kier alpha value is -1.35. The number of benzene rings is 1. The van der Waals surface area contributed by atoms with Crippen LogP contribution in [0, 0.1) is 5.92 Å². The third-order valence-electron chi connectivity index (χ3n) is 4.38. The van der Waals surface area contributed by atoms with Gasteiger partial charge in [0.2, 0.25) is 5.91 Å². The number of piperidine rings is 1. The van der Waals surface area contributed by atoms with Crippen LogP contribution < -0.4 is 5.32 Å². The van der Waals surface area contributed by atoms with Crippen LogP contribution in [0.2, 0.25) is 0 Å². The second-order valence-electron chi connectivity index (χ2n) is 6.26. The first kappa shape index (κ1) is 16.0. The quantitative estimate of drug-likeness (QED) is 0.903. The standard InChI is InChI=1S/C18H28N2O/c1-4-15-7-5-6-8-16(15)13-19-17-9-11-20(12-10-17)18(21)14(2)3/h5-8,14,17,19H,4,9-13H2,1-3H3. The number of carbonyl (C=O) groups excluding carboxylic acids is 1. The molecule has 1 N–H and O–H groups in total.